The van der Waals surface area contributed by atoms with Crippen molar-refractivity contribution in [2.45, 2.75) is 16.1 Å². The molecule has 0 amide bonds. The Balaban J connectivity index is 2.33. The zero-order chi connectivity index (χ0) is 19.7. The lowest BCUT2D eigenvalue weighted by Gasteiger charge is -2.18. The number of anilines is 2. The van der Waals surface area contributed by atoms with Gasteiger partial charge in [0.15, 0.2) is 17.0 Å². The Kier molecular flexibility index (Phi) is 5.67. The fourth-order valence-corrected chi connectivity index (χ4v) is 4.49. The van der Waals surface area contributed by atoms with Crippen molar-refractivity contribution < 1.29 is 4.55 Å². The molecule has 2 unspecified atom stereocenters. The number of nitrogens with one attached hydrogen (secondary N) is 2. The summed E-state index contributed by atoms with van der Waals surface area (Å²) in [7, 11) is 1.89. The summed E-state index contributed by atoms with van der Waals surface area (Å²) in [6, 6.07) is 9.31. The zero-order valence-corrected chi connectivity index (χ0v) is 16.1. The van der Waals surface area contributed by atoms with Gasteiger partial charge in [0.05, 0.1) is 33.2 Å². The number of fused-ring (bicyclic) bond motifs is 1. The maximum atomic E-state index is 12.3. The summed E-state index contributed by atoms with van der Waals surface area (Å²) in [6.07, 6.45) is -0.372. The van der Waals surface area contributed by atoms with E-state index in [0.29, 0.717) is 16.0 Å². The second kappa shape index (κ2) is 7.82. The molecule has 2 atom stereocenters. The molecule has 2 aromatic rings. The Labute approximate surface area is 163 Å². The number of nitrogens with zero attached hydrogens (tertiary/aromatic N) is 2. The molecule has 0 spiro atoms. The van der Waals surface area contributed by atoms with Crippen molar-refractivity contribution >= 4 is 40.5 Å². The first-order valence-corrected chi connectivity index (χ1v) is 9.87. The molecule has 12 heteroatoms. The van der Waals surface area contributed by atoms with Crippen molar-refractivity contribution in [3.63, 3.8) is 0 Å². The lowest BCUT2D eigenvalue weighted by Crippen LogP contribution is -2.40. The predicted octanol–water partition coefficient (Wildman–Crippen LogP) is -0.512. The summed E-state index contributed by atoms with van der Waals surface area (Å²) in [5.74, 6) is 5.32. The highest BCUT2D eigenvalue weighted by molar-refractivity contribution is 7.98. The Morgan fingerprint density at radius 1 is 1.33 bits per heavy atom. The van der Waals surface area contributed by atoms with Gasteiger partial charge in [-0.2, -0.15) is 0 Å². The van der Waals surface area contributed by atoms with Crippen molar-refractivity contribution in [1.29, 1.82) is 0 Å². The van der Waals surface area contributed by atoms with Crippen LogP contribution in [0.2, 0.25) is 0 Å². The van der Waals surface area contributed by atoms with Crippen LogP contribution in [-0.4, -0.2) is 23.7 Å². The van der Waals surface area contributed by atoms with Crippen LogP contribution in [-0.2, 0) is 11.4 Å². The Bertz CT molecular complexity index is 890. The Hall–Kier alpha value is -2.19. The largest absolute Gasteiger partial charge is 0.593 e. The SMILES string of the molecule is CN1c2cccc(-c3ccc(SN)c([S+](N)[O-])c3/C(N)=N/NN)c2NC1N. The fraction of sp³-hybridized carbons (Fsp3) is 0.133. The van der Waals surface area contributed by atoms with Gasteiger partial charge in [-0.3, -0.25) is 10.9 Å². The Morgan fingerprint density at radius 3 is 2.70 bits per heavy atom. The summed E-state index contributed by atoms with van der Waals surface area (Å²) in [6.45, 7) is 0. The topological polar surface area (TPSA) is 193 Å². The van der Waals surface area contributed by atoms with Gasteiger partial charge in [0.1, 0.15) is 0 Å². The third-order valence-corrected chi connectivity index (χ3v) is 5.86. The molecule has 0 saturated heterocycles. The lowest BCUT2D eigenvalue weighted by molar-refractivity contribution is 0.594. The van der Waals surface area contributed by atoms with Crippen LogP contribution in [0, 0.1) is 0 Å². The molecule has 0 aromatic heterocycles. The Morgan fingerprint density at radius 2 is 2.07 bits per heavy atom. The van der Waals surface area contributed by atoms with Gasteiger partial charge in [-0.15, -0.1) is 10.2 Å². The summed E-state index contributed by atoms with van der Waals surface area (Å²) in [5.41, 5.74) is 18.0. The number of para-hydroxylation sites is 1. The standard InChI is InChI=1S/C15H21N9OS2/c1-24-9-4-2-3-8(12(9)21-15(24)17)7-5-6-10(26-19)13(27(20)25)11(7)14(16)22-23-18/h2-6,15,21,23H,17-20H2,1H3,(H2,16,22). The molecular weight excluding hydrogens is 386 g/mol. The second-order valence-corrected chi connectivity index (χ2v) is 7.44. The minimum atomic E-state index is -1.86. The summed E-state index contributed by atoms with van der Waals surface area (Å²) < 4.78 is 12.3. The summed E-state index contributed by atoms with van der Waals surface area (Å²) in [5, 5.41) is 18.5. The molecule has 0 bridgehead atoms. The van der Waals surface area contributed by atoms with Crippen LogP contribution in [0.1, 0.15) is 5.56 Å². The smallest absolute Gasteiger partial charge is 0.200 e. The first-order valence-electron chi connectivity index (χ1n) is 7.78. The number of hydrogen-bond acceptors (Lipinski definition) is 10. The van der Waals surface area contributed by atoms with Crippen LogP contribution in [0.4, 0.5) is 11.4 Å². The minimum absolute atomic E-state index is 0.0328. The predicted molar refractivity (Wildman–Crippen MR) is 111 cm³/mol. The van der Waals surface area contributed by atoms with Crippen molar-refractivity contribution in [2.75, 3.05) is 17.3 Å². The monoisotopic (exact) mass is 407 g/mol. The number of rotatable bonds is 5. The highest BCUT2D eigenvalue weighted by Crippen LogP contribution is 2.43. The van der Waals surface area contributed by atoms with Gasteiger partial charge in [0.2, 0.25) is 0 Å². The highest BCUT2D eigenvalue weighted by atomic mass is 32.2. The molecule has 3 rings (SSSR count). The molecule has 1 heterocycles. The van der Waals surface area contributed by atoms with E-state index in [-0.39, 0.29) is 17.0 Å². The van der Waals surface area contributed by atoms with Crippen molar-refractivity contribution in [3.05, 3.63) is 35.9 Å². The molecular formula is C15H21N9OS2. The molecule has 10 nitrogen and oxygen atoms in total. The number of nitrogens with two attached hydrogens (primary N) is 5. The number of amidine groups is 1. The third kappa shape index (κ3) is 3.39. The van der Waals surface area contributed by atoms with Crippen LogP contribution in [0.25, 0.3) is 11.1 Å². The maximum absolute atomic E-state index is 12.3. The van der Waals surface area contributed by atoms with Gasteiger partial charge in [-0.05, 0) is 24.1 Å². The van der Waals surface area contributed by atoms with E-state index in [4.69, 9.17) is 27.6 Å². The average Bonchev–Trinajstić information content (AvgIpc) is 2.95. The van der Waals surface area contributed by atoms with Crippen molar-refractivity contribution in [3.8, 4) is 11.1 Å². The van der Waals surface area contributed by atoms with E-state index < -0.39 is 11.4 Å². The maximum Gasteiger partial charge on any atom is 0.200 e. The second-order valence-electron chi connectivity index (χ2n) is 5.76. The van der Waals surface area contributed by atoms with Crippen LogP contribution < -0.4 is 43.3 Å². The van der Waals surface area contributed by atoms with Crippen molar-refractivity contribution in [1.82, 2.24) is 5.53 Å². The van der Waals surface area contributed by atoms with E-state index in [1.54, 1.807) is 6.07 Å². The van der Waals surface area contributed by atoms with Crippen LogP contribution in [0.3, 0.4) is 0 Å². The quantitative estimate of drug-likeness (QED) is 0.0847. The van der Waals surface area contributed by atoms with E-state index in [9.17, 15) is 4.55 Å². The number of hydrazone groups is 1. The first kappa shape index (κ1) is 19.6. The van der Waals surface area contributed by atoms with Crippen LogP contribution in [0.15, 0.2) is 45.2 Å². The highest BCUT2D eigenvalue weighted by Gasteiger charge is 2.30. The fourth-order valence-electron chi connectivity index (χ4n) is 3.07. The lowest BCUT2D eigenvalue weighted by atomic mass is 9.96. The number of hydrogen-bond donors (Lipinski definition) is 7. The van der Waals surface area contributed by atoms with E-state index in [0.717, 1.165) is 28.9 Å². The van der Waals surface area contributed by atoms with Crippen molar-refractivity contribution in [2.24, 2.45) is 32.7 Å². The van der Waals surface area contributed by atoms with Crippen LogP contribution >= 0.6 is 11.9 Å². The molecule has 27 heavy (non-hydrogen) atoms. The van der Waals surface area contributed by atoms with E-state index in [1.165, 1.54) is 0 Å². The van der Waals surface area contributed by atoms with Gasteiger partial charge in [0, 0.05) is 18.2 Å². The summed E-state index contributed by atoms with van der Waals surface area (Å²) >= 11 is -0.934. The molecule has 0 aliphatic carbocycles. The van der Waals surface area contributed by atoms with Gasteiger partial charge >= 0.3 is 0 Å². The normalized spacial score (nSPS) is 17.5. The molecule has 0 fully saturated rings. The van der Waals surface area contributed by atoms with E-state index in [1.807, 2.05) is 36.2 Å². The first-order chi connectivity index (χ1) is 12.9. The molecule has 0 saturated carbocycles. The van der Waals surface area contributed by atoms with E-state index >= 15 is 0 Å². The van der Waals surface area contributed by atoms with Gasteiger partial charge in [-0.1, -0.05) is 18.2 Å². The number of hydrazine groups is 1. The molecule has 1 aliphatic heterocycles. The third-order valence-electron chi connectivity index (χ3n) is 4.31. The van der Waals surface area contributed by atoms with E-state index in [2.05, 4.69) is 16.0 Å². The minimum Gasteiger partial charge on any atom is -0.593 e. The van der Waals surface area contributed by atoms with Gasteiger partial charge < -0.3 is 20.5 Å². The molecule has 0 radical (unpaired) electrons. The average molecular weight is 408 g/mol. The number of benzene rings is 2. The molecule has 2 aromatic carbocycles. The molecule has 144 valence electrons. The molecule has 1 aliphatic rings. The van der Waals surface area contributed by atoms with Gasteiger partial charge in [-0.25, -0.2) is 11.4 Å². The zero-order valence-electron chi connectivity index (χ0n) is 14.5. The molecule has 12 N–H and O–H groups in total. The summed E-state index contributed by atoms with van der Waals surface area (Å²) in [4.78, 5) is 2.72. The van der Waals surface area contributed by atoms with Crippen LogP contribution in [0.5, 0.6) is 0 Å². The van der Waals surface area contributed by atoms with Gasteiger partial charge in [0.25, 0.3) is 0 Å².